The van der Waals surface area contributed by atoms with Crippen LogP contribution in [0, 0.1) is 0 Å². The number of fused-ring (bicyclic) bond motifs is 1. The average molecular weight is 420 g/mol. The summed E-state index contributed by atoms with van der Waals surface area (Å²) < 4.78 is 5.60. The molecule has 1 saturated heterocycles. The SMILES string of the molecule is C[C@]1(CSc2ccccc2C(=O)OCc2cccc3ccccc23)NC(=O)NC1=O. The molecule has 30 heavy (non-hydrogen) atoms. The summed E-state index contributed by atoms with van der Waals surface area (Å²) in [5.41, 5.74) is 0.336. The van der Waals surface area contributed by atoms with Gasteiger partial charge < -0.3 is 10.1 Å². The molecule has 3 aromatic carbocycles. The summed E-state index contributed by atoms with van der Waals surface area (Å²) in [5, 5.41) is 7.00. The highest BCUT2D eigenvalue weighted by Crippen LogP contribution is 2.28. The van der Waals surface area contributed by atoms with Crippen LogP contribution in [0.1, 0.15) is 22.8 Å². The van der Waals surface area contributed by atoms with Crippen molar-refractivity contribution in [3.05, 3.63) is 77.9 Å². The Bertz CT molecular complexity index is 1140. The van der Waals surface area contributed by atoms with Crippen LogP contribution < -0.4 is 10.6 Å². The Morgan fingerprint density at radius 2 is 1.73 bits per heavy atom. The van der Waals surface area contributed by atoms with E-state index in [9.17, 15) is 14.4 Å². The highest BCUT2D eigenvalue weighted by Gasteiger charge is 2.41. The Morgan fingerprint density at radius 1 is 1.00 bits per heavy atom. The molecule has 1 atom stereocenters. The lowest BCUT2D eigenvalue weighted by Gasteiger charge is -2.20. The number of imide groups is 1. The van der Waals surface area contributed by atoms with Crippen LogP contribution in [0.25, 0.3) is 10.8 Å². The predicted molar refractivity (Wildman–Crippen MR) is 115 cm³/mol. The predicted octanol–water partition coefficient (Wildman–Crippen LogP) is 3.89. The van der Waals surface area contributed by atoms with Gasteiger partial charge in [0.25, 0.3) is 5.91 Å². The molecule has 6 nitrogen and oxygen atoms in total. The maximum atomic E-state index is 12.8. The first-order valence-corrected chi connectivity index (χ1v) is 10.4. The van der Waals surface area contributed by atoms with Crippen LogP contribution in [-0.4, -0.2) is 29.2 Å². The van der Waals surface area contributed by atoms with Crippen LogP contribution in [0.4, 0.5) is 4.79 Å². The van der Waals surface area contributed by atoms with E-state index in [0.29, 0.717) is 10.5 Å². The van der Waals surface area contributed by atoms with E-state index in [4.69, 9.17) is 4.74 Å². The van der Waals surface area contributed by atoms with Crippen molar-refractivity contribution in [3.63, 3.8) is 0 Å². The molecule has 2 N–H and O–H groups in total. The highest BCUT2D eigenvalue weighted by molar-refractivity contribution is 7.99. The second-order valence-electron chi connectivity index (χ2n) is 7.24. The summed E-state index contributed by atoms with van der Waals surface area (Å²) in [6.45, 7) is 1.82. The number of amides is 3. The van der Waals surface area contributed by atoms with Crippen LogP contribution in [0.2, 0.25) is 0 Å². The average Bonchev–Trinajstić information content (AvgIpc) is 3.02. The van der Waals surface area contributed by atoms with Crippen LogP contribution in [-0.2, 0) is 16.1 Å². The summed E-state index contributed by atoms with van der Waals surface area (Å²) in [5.74, 6) is -0.523. The maximum Gasteiger partial charge on any atom is 0.339 e. The van der Waals surface area contributed by atoms with E-state index in [0.717, 1.165) is 16.3 Å². The van der Waals surface area contributed by atoms with Crippen molar-refractivity contribution in [2.45, 2.75) is 24.0 Å². The van der Waals surface area contributed by atoms with Crippen molar-refractivity contribution >= 4 is 40.4 Å². The first-order valence-electron chi connectivity index (χ1n) is 9.45. The summed E-state index contributed by atoms with van der Waals surface area (Å²) in [7, 11) is 0. The number of thioether (sulfide) groups is 1. The molecule has 3 aromatic rings. The lowest BCUT2D eigenvalue weighted by molar-refractivity contribution is -0.122. The molecule has 0 saturated carbocycles. The highest BCUT2D eigenvalue weighted by atomic mass is 32.2. The van der Waals surface area contributed by atoms with E-state index in [1.807, 2.05) is 48.5 Å². The molecule has 3 amide bonds. The zero-order valence-corrected chi connectivity index (χ0v) is 17.1. The molecule has 1 aliphatic rings. The van der Waals surface area contributed by atoms with Gasteiger partial charge in [-0.15, -0.1) is 11.8 Å². The number of hydrogen-bond acceptors (Lipinski definition) is 5. The van der Waals surface area contributed by atoms with Crippen LogP contribution in [0.5, 0.6) is 0 Å². The number of hydrogen-bond donors (Lipinski definition) is 2. The molecule has 0 radical (unpaired) electrons. The number of urea groups is 1. The van der Waals surface area contributed by atoms with Gasteiger partial charge in [0, 0.05) is 10.6 Å². The molecule has 7 heteroatoms. The fourth-order valence-electron chi connectivity index (χ4n) is 3.30. The number of carbonyl (C=O) groups is 3. The van der Waals surface area contributed by atoms with E-state index >= 15 is 0 Å². The molecule has 152 valence electrons. The summed E-state index contributed by atoms with van der Waals surface area (Å²) in [6.07, 6.45) is 0. The van der Waals surface area contributed by atoms with Crippen molar-refractivity contribution in [2.75, 3.05) is 5.75 Å². The van der Waals surface area contributed by atoms with Crippen molar-refractivity contribution in [1.82, 2.24) is 10.6 Å². The van der Waals surface area contributed by atoms with Crippen LogP contribution >= 0.6 is 11.8 Å². The van der Waals surface area contributed by atoms with E-state index in [1.165, 1.54) is 11.8 Å². The first kappa shape index (κ1) is 20.0. The minimum atomic E-state index is -1.03. The van der Waals surface area contributed by atoms with Gasteiger partial charge in [-0.1, -0.05) is 54.6 Å². The Kier molecular flexibility index (Phi) is 5.46. The molecule has 1 heterocycles. The van der Waals surface area contributed by atoms with Crippen molar-refractivity contribution in [3.8, 4) is 0 Å². The Labute approximate surface area is 178 Å². The van der Waals surface area contributed by atoms with Gasteiger partial charge in [-0.05, 0) is 35.4 Å². The molecular formula is C23H20N2O4S. The topological polar surface area (TPSA) is 84.5 Å². The number of ether oxygens (including phenoxy) is 1. The van der Waals surface area contributed by atoms with Crippen LogP contribution in [0.15, 0.2) is 71.6 Å². The van der Waals surface area contributed by atoms with Gasteiger partial charge in [0.1, 0.15) is 12.1 Å². The third kappa shape index (κ3) is 4.02. The zero-order valence-electron chi connectivity index (χ0n) is 16.3. The van der Waals surface area contributed by atoms with Gasteiger partial charge >= 0.3 is 12.0 Å². The van der Waals surface area contributed by atoms with Crippen molar-refractivity contribution < 1.29 is 19.1 Å². The molecule has 1 fully saturated rings. The molecule has 0 bridgehead atoms. The Hall–Kier alpha value is -3.32. The lowest BCUT2D eigenvalue weighted by Crippen LogP contribution is -2.46. The molecule has 0 aliphatic carbocycles. The fourth-order valence-corrected chi connectivity index (χ4v) is 4.43. The van der Waals surface area contributed by atoms with Gasteiger partial charge in [0.2, 0.25) is 0 Å². The van der Waals surface area contributed by atoms with E-state index in [1.54, 1.807) is 25.1 Å². The molecule has 4 rings (SSSR count). The smallest absolute Gasteiger partial charge is 0.339 e. The number of benzene rings is 3. The van der Waals surface area contributed by atoms with Gasteiger partial charge in [-0.3, -0.25) is 10.1 Å². The standard InChI is InChI=1S/C23H20N2O4S/c1-23(21(27)24-22(28)25-23)14-30-19-12-5-4-11-18(19)20(26)29-13-16-9-6-8-15-7-2-3-10-17(15)16/h2-12H,13-14H2,1H3,(H2,24,25,27,28)/t23-/m1/s1. The van der Waals surface area contributed by atoms with Gasteiger partial charge in [0.15, 0.2) is 0 Å². The quantitative estimate of drug-likeness (QED) is 0.359. The molecule has 0 spiro atoms. The molecule has 1 aliphatic heterocycles. The third-order valence-corrected chi connectivity index (χ3v) is 6.37. The Morgan fingerprint density at radius 3 is 2.53 bits per heavy atom. The largest absolute Gasteiger partial charge is 0.457 e. The minimum absolute atomic E-state index is 0.162. The number of rotatable bonds is 6. The van der Waals surface area contributed by atoms with E-state index in [-0.39, 0.29) is 18.3 Å². The summed E-state index contributed by atoms with van der Waals surface area (Å²) >= 11 is 1.33. The Balaban J connectivity index is 1.47. The number of carbonyl (C=O) groups excluding carboxylic acids is 3. The third-order valence-electron chi connectivity index (χ3n) is 4.98. The fraction of sp³-hybridized carbons (Fsp3) is 0.174. The lowest BCUT2D eigenvalue weighted by atomic mass is 10.1. The number of esters is 1. The summed E-state index contributed by atoms with van der Waals surface area (Å²) in [6, 6.07) is 20.4. The van der Waals surface area contributed by atoms with Gasteiger partial charge in [0.05, 0.1) is 5.56 Å². The van der Waals surface area contributed by atoms with E-state index < -0.39 is 17.5 Å². The summed E-state index contributed by atoms with van der Waals surface area (Å²) in [4.78, 5) is 36.9. The normalized spacial score (nSPS) is 18.2. The molecular weight excluding hydrogens is 400 g/mol. The molecule has 0 unspecified atom stereocenters. The maximum absolute atomic E-state index is 12.8. The van der Waals surface area contributed by atoms with Crippen molar-refractivity contribution in [2.24, 2.45) is 0 Å². The minimum Gasteiger partial charge on any atom is -0.457 e. The van der Waals surface area contributed by atoms with E-state index in [2.05, 4.69) is 10.6 Å². The van der Waals surface area contributed by atoms with Crippen LogP contribution in [0.3, 0.4) is 0 Å². The second-order valence-corrected chi connectivity index (χ2v) is 8.26. The van der Waals surface area contributed by atoms with Crippen molar-refractivity contribution in [1.29, 1.82) is 0 Å². The molecule has 0 aromatic heterocycles. The first-order chi connectivity index (χ1) is 14.5. The van der Waals surface area contributed by atoms with Gasteiger partial charge in [-0.25, -0.2) is 9.59 Å². The second kappa shape index (κ2) is 8.20. The number of nitrogens with one attached hydrogen (secondary N) is 2. The monoisotopic (exact) mass is 420 g/mol. The van der Waals surface area contributed by atoms with Gasteiger partial charge in [-0.2, -0.15) is 0 Å². The zero-order chi connectivity index (χ0) is 21.1.